The van der Waals surface area contributed by atoms with Crippen molar-refractivity contribution in [2.45, 2.75) is 52.3 Å². The monoisotopic (exact) mass is 239 g/mol. The molecule has 96 valence electrons. The van der Waals surface area contributed by atoms with Crippen molar-refractivity contribution in [3.8, 4) is 6.19 Å². The molecule has 17 heavy (non-hydrogen) atoms. The number of nitriles is 1. The number of rotatable bonds is 0. The summed E-state index contributed by atoms with van der Waals surface area (Å²) >= 11 is 0. The van der Waals surface area contributed by atoms with E-state index in [4.69, 9.17) is 10.00 Å². The van der Waals surface area contributed by atoms with Crippen molar-refractivity contribution in [1.29, 1.82) is 5.26 Å². The highest BCUT2D eigenvalue weighted by Gasteiger charge is 2.33. The normalized spacial score (nSPS) is 25.4. The Morgan fingerprint density at radius 1 is 1.29 bits per heavy atom. The summed E-state index contributed by atoms with van der Waals surface area (Å²) in [4.78, 5) is 15.3. The van der Waals surface area contributed by atoms with Crippen molar-refractivity contribution in [3.63, 3.8) is 0 Å². The molecule has 0 saturated carbocycles. The lowest BCUT2D eigenvalue weighted by Crippen LogP contribution is -2.56. The van der Waals surface area contributed by atoms with Crippen molar-refractivity contribution in [3.05, 3.63) is 0 Å². The first-order valence-electron chi connectivity index (χ1n) is 5.90. The van der Waals surface area contributed by atoms with Crippen molar-refractivity contribution >= 4 is 6.09 Å². The Bertz CT molecular complexity index is 318. The molecule has 0 aliphatic carbocycles. The van der Waals surface area contributed by atoms with E-state index in [2.05, 4.69) is 6.19 Å². The lowest BCUT2D eigenvalue weighted by atomic mass is 10.1. The molecule has 0 aromatic rings. The second-order valence-corrected chi connectivity index (χ2v) is 5.59. The highest BCUT2D eigenvalue weighted by atomic mass is 16.6. The fourth-order valence-corrected chi connectivity index (χ4v) is 2.00. The minimum atomic E-state index is -0.476. The molecule has 1 aliphatic heterocycles. The van der Waals surface area contributed by atoms with Gasteiger partial charge in [0.05, 0.1) is 12.1 Å². The third kappa shape index (κ3) is 3.52. The van der Waals surface area contributed by atoms with Crippen LogP contribution in [0.25, 0.3) is 0 Å². The van der Waals surface area contributed by atoms with E-state index >= 15 is 0 Å². The minimum absolute atomic E-state index is 0.0382. The fourth-order valence-electron chi connectivity index (χ4n) is 2.00. The molecule has 0 N–H and O–H groups in total. The first-order valence-corrected chi connectivity index (χ1v) is 5.90. The van der Waals surface area contributed by atoms with Crippen LogP contribution in [0.1, 0.15) is 34.6 Å². The van der Waals surface area contributed by atoms with E-state index in [1.54, 1.807) is 9.80 Å². The third-order valence-electron chi connectivity index (χ3n) is 2.69. The first kappa shape index (κ1) is 13.6. The SMILES string of the molecule is C[C@@H]1CN(C(=O)OC(C)(C)C)C[C@H](C)N1C#N. The molecule has 0 bridgehead atoms. The van der Waals surface area contributed by atoms with Gasteiger partial charge in [-0.25, -0.2) is 4.79 Å². The number of hydrogen-bond donors (Lipinski definition) is 0. The Morgan fingerprint density at radius 3 is 2.12 bits per heavy atom. The zero-order chi connectivity index (χ0) is 13.2. The summed E-state index contributed by atoms with van der Waals surface area (Å²) in [6.07, 6.45) is 1.87. The predicted molar refractivity (Wildman–Crippen MR) is 64.2 cm³/mol. The van der Waals surface area contributed by atoms with Gasteiger partial charge in [0.15, 0.2) is 6.19 Å². The van der Waals surface area contributed by atoms with Gasteiger partial charge in [-0.2, -0.15) is 5.26 Å². The molecular formula is C12H21N3O2. The Labute approximate surface area is 103 Å². The van der Waals surface area contributed by atoms with Gasteiger partial charge < -0.3 is 14.5 Å². The van der Waals surface area contributed by atoms with Crippen LogP contribution in [0.4, 0.5) is 4.79 Å². The maximum atomic E-state index is 11.9. The summed E-state index contributed by atoms with van der Waals surface area (Å²) in [5.41, 5.74) is -0.476. The summed E-state index contributed by atoms with van der Waals surface area (Å²) < 4.78 is 5.33. The van der Waals surface area contributed by atoms with E-state index in [1.807, 2.05) is 34.6 Å². The molecule has 1 amide bonds. The van der Waals surface area contributed by atoms with Gasteiger partial charge in [0.2, 0.25) is 0 Å². The number of carbonyl (C=O) groups excluding carboxylic acids is 1. The maximum absolute atomic E-state index is 11.9. The predicted octanol–water partition coefficient (Wildman–Crippen LogP) is 1.80. The first-order chi connectivity index (χ1) is 7.74. The van der Waals surface area contributed by atoms with Crippen molar-refractivity contribution in [2.75, 3.05) is 13.1 Å². The van der Waals surface area contributed by atoms with Crippen molar-refractivity contribution < 1.29 is 9.53 Å². The number of ether oxygens (including phenoxy) is 1. The molecule has 0 unspecified atom stereocenters. The van der Waals surface area contributed by atoms with Crippen LogP contribution in [0.2, 0.25) is 0 Å². The number of nitrogens with zero attached hydrogens (tertiary/aromatic N) is 3. The summed E-state index contributed by atoms with van der Waals surface area (Å²) in [6.45, 7) is 10.5. The molecule has 1 aliphatic rings. The average Bonchev–Trinajstić information content (AvgIpc) is 2.14. The molecule has 1 saturated heterocycles. The Morgan fingerprint density at radius 2 is 1.76 bits per heavy atom. The lowest BCUT2D eigenvalue weighted by Gasteiger charge is -2.41. The zero-order valence-corrected chi connectivity index (χ0v) is 11.2. The van der Waals surface area contributed by atoms with Gasteiger partial charge >= 0.3 is 6.09 Å². The number of piperazine rings is 1. The van der Waals surface area contributed by atoms with Crippen molar-refractivity contribution in [2.24, 2.45) is 0 Å². The van der Waals surface area contributed by atoms with Gasteiger partial charge in [0.1, 0.15) is 5.60 Å². The summed E-state index contributed by atoms with van der Waals surface area (Å²) in [5, 5.41) is 8.98. The van der Waals surface area contributed by atoms with Crippen LogP contribution in [0.15, 0.2) is 0 Å². The van der Waals surface area contributed by atoms with Gasteiger partial charge in [-0.05, 0) is 34.6 Å². The second-order valence-electron chi connectivity index (χ2n) is 5.59. The van der Waals surface area contributed by atoms with Gasteiger partial charge in [-0.1, -0.05) is 0 Å². The number of hydrogen-bond acceptors (Lipinski definition) is 4. The molecule has 0 radical (unpaired) electrons. The highest BCUT2D eigenvalue weighted by Crippen LogP contribution is 2.17. The minimum Gasteiger partial charge on any atom is -0.444 e. The van der Waals surface area contributed by atoms with E-state index in [0.717, 1.165) is 0 Å². The van der Waals surface area contributed by atoms with Crippen LogP contribution >= 0.6 is 0 Å². The molecule has 0 aromatic heterocycles. The Kier molecular flexibility index (Phi) is 3.87. The fraction of sp³-hybridized carbons (Fsp3) is 0.833. The molecule has 2 atom stereocenters. The van der Waals surface area contributed by atoms with Crippen LogP contribution in [-0.4, -0.2) is 46.7 Å². The van der Waals surface area contributed by atoms with Gasteiger partial charge in [-0.15, -0.1) is 0 Å². The lowest BCUT2D eigenvalue weighted by molar-refractivity contribution is 0.00382. The second kappa shape index (κ2) is 4.82. The molecule has 0 aromatic carbocycles. The largest absolute Gasteiger partial charge is 0.444 e. The van der Waals surface area contributed by atoms with Crippen LogP contribution in [0.3, 0.4) is 0 Å². The smallest absolute Gasteiger partial charge is 0.410 e. The van der Waals surface area contributed by atoms with E-state index < -0.39 is 5.60 Å². The van der Waals surface area contributed by atoms with Gasteiger partial charge in [0.25, 0.3) is 0 Å². The molecule has 1 heterocycles. The quantitative estimate of drug-likeness (QED) is 0.605. The third-order valence-corrected chi connectivity index (χ3v) is 2.69. The highest BCUT2D eigenvalue weighted by molar-refractivity contribution is 5.68. The molecule has 1 rings (SSSR count). The number of amides is 1. The summed E-state index contributed by atoms with van der Waals surface area (Å²) in [6, 6.07) is 0.0764. The molecule has 5 nitrogen and oxygen atoms in total. The van der Waals surface area contributed by atoms with Crippen LogP contribution in [0.5, 0.6) is 0 Å². The molecular weight excluding hydrogens is 218 g/mol. The zero-order valence-electron chi connectivity index (χ0n) is 11.2. The maximum Gasteiger partial charge on any atom is 0.410 e. The molecule has 1 fully saturated rings. The van der Waals surface area contributed by atoms with Crippen LogP contribution in [0, 0.1) is 11.5 Å². The number of carbonyl (C=O) groups is 1. The Hall–Kier alpha value is -1.44. The van der Waals surface area contributed by atoms with E-state index in [-0.39, 0.29) is 18.2 Å². The standard InChI is InChI=1S/C12H21N3O2/c1-9-6-14(7-10(2)15(9)8-13)11(16)17-12(3,4)5/h9-10H,6-7H2,1-5H3/t9-,10+. The molecule has 0 spiro atoms. The summed E-state index contributed by atoms with van der Waals surface area (Å²) in [5.74, 6) is 0. The van der Waals surface area contributed by atoms with E-state index in [0.29, 0.717) is 13.1 Å². The van der Waals surface area contributed by atoms with E-state index in [9.17, 15) is 4.79 Å². The topological polar surface area (TPSA) is 56.6 Å². The Balaban J connectivity index is 2.64. The van der Waals surface area contributed by atoms with Crippen LogP contribution in [-0.2, 0) is 4.74 Å². The average molecular weight is 239 g/mol. The molecule has 5 heteroatoms. The van der Waals surface area contributed by atoms with Crippen LogP contribution < -0.4 is 0 Å². The summed E-state index contributed by atoms with van der Waals surface area (Å²) in [7, 11) is 0. The van der Waals surface area contributed by atoms with Gasteiger partial charge in [-0.3, -0.25) is 0 Å². The van der Waals surface area contributed by atoms with Gasteiger partial charge in [0, 0.05) is 13.1 Å². The van der Waals surface area contributed by atoms with Crippen molar-refractivity contribution in [1.82, 2.24) is 9.80 Å². The van der Waals surface area contributed by atoms with E-state index in [1.165, 1.54) is 0 Å².